The highest BCUT2D eigenvalue weighted by Crippen LogP contribution is 2.42. The fraction of sp³-hybridized carbons (Fsp3) is 0.346. The lowest BCUT2D eigenvalue weighted by Gasteiger charge is -2.33. The maximum Gasteiger partial charge on any atom is 0.295 e. The number of anilines is 1. The first-order chi connectivity index (χ1) is 17.0. The molecule has 9 heteroatoms. The van der Waals surface area contributed by atoms with Crippen molar-refractivity contribution in [3.63, 3.8) is 0 Å². The molecular weight excluding hydrogens is 468 g/mol. The predicted molar refractivity (Wildman–Crippen MR) is 130 cm³/mol. The SMILES string of the molecule is CC(=O)c1cc2c(cc1N(C(=O)c1ccco1)C(C(=O)NC1CCCCC1)c1cccs1)OCO2. The number of Topliss-reactive ketones (excluding diaryl/α,β-unsaturated/α-hetero) is 1. The molecule has 8 nitrogen and oxygen atoms in total. The van der Waals surface area contributed by atoms with Gasteiger partial charge in [-0.15, -0.1) is 11.3 Å². The van der Waals surface area contributed by atoms with Gasteiger partial charge < -0.3 is 19.2 Å². The average Bonchev–Trinajstić information content (AvgIpc) is 3.64. The molecule has 1 aliphatic heterocycles. The van der Waals surface area contributed by atoms with E-state index in [0.29, 0.717) is 16.4 Å². The number of ketones is 1. The van der Waals surface area contributed by atoms with Gasteiger partial charge >= 0.3 is 0 Å². The molecule has 1 unspecified atom stereocenters. The van der Waals surface area contributed by atoms with Crippen LogP contribution in [-0.2, 0) is 4.79 Å². The molecule has 1 aromatic carbocycles. The largest absolute Gasteiger partial charge is 0.459 e. The number of carbonyl (C=O) groups is 3. The van der Waals surface area contributed by atoms with Gasteiger partial charge in [-0.25, -0.2) is 0 Å². The van der Waals surface area contributed by atoms with Crippen molar-refractivity contribution in [2.75, 3.05) is 11.7 Å². The van der Waals surface area contributed by atoms with E-state index in [0.717, 1.165) is 32.1 Å². The van der Waals surface area contributed by atoms with Crippen LogP contribution >= 0.6 is 11.3 Å². The zero-order valence-electron chi connectivity index (χ0n) is 19.3. The van der Waals surface area contributed by atoms with Crippen LogP contribution in [0.15, 0.2) is 52.5 Å². The van der Waals surface area contributed by atoms with Crippen molar-refractivity contribution in [3.8, 4) is 11.5 Å². The Kier molecular flexibility index (Phi) is 6.59. The Hall–Kier alpha value is -3.59. The summed E-state index contributed by atoms with van der Waals surface area (Å²) in [7, 11) is 0. The van der Waals surface area contributed by atoms with Crippen molar-refractivity contribution in [2.24, 2.45) is 0 Å². The van der Waals surface area contributed by atoms with Crippen LogP contribution in [0.25, 0.3) is 0 Å². The zero-order chi connectivity index (χ0) is 24.4. The van der Waals surface area contributed by atoms with Crippen LogP contribution in [0.1, 0.15) is 70.9 Å². The molecule has 2 aromatic heterocycles. The summed E-state index contributed by atoms with van der Waals surface area (Å²) < 4.78 is 16.4. The normalized spacial score (nSPS) is 16.0. The van der Waals surface area contributed by atoms with Crippen molar-refractivity contribution in [3.05, 3.63) is 64.2 Å². The number of thiophene rings is 1. The van der Waals surface area contributed by atoms with Gasteiger partial charge in [0.05, 0.1) is 12.0 Å². The first-order valence-corrected chi connectivity index (χ1v) is 12.6. The van der Waals surface area contributed by atoms with Crippen LogP contribution < -0.4 is 19.7 Å². The molecule has 35 heavy (non-hydrogen) atoms. The van der Waals surface area contributed by atoms with E-state index in [1.54, 1.807) is 24.3 Å². The van der Waals surface area contributed by atoms with Crippen molar-refractivity contribution in [1.29, 1.82) is 0 Å². The Morgan fingerprint density at radius 3 is 2.49 bits per heavy atom. The fourth-order valence-electron chi connectivity index (χ4n) is 4.64. The Morgan fingerprint density at radius 2 is 1.83 bits per heavy atom. The van der Waals surface area contributed by atoms with Crippen LogP contribution in [0.3, 0.4) is 0 Å². The molecule has 1 N–H and O–H groups in total. The van der Waals surface area contributed by atoms with E-state index in [1.165, 1.54) is 29.4 Å². The Labute approximate surface area is 206 Å². The number of nitrogens with one attached hydrogen (secondary N) is 1. The zero-order valence-corrected chi connectivity index (χ0v) is 20.1. The fourth-order valence-corrected chi connectivity index (χ4v) is 5.46. The number of nitrogens with zero attached hydrogens (tertiary/aromatic N) is 1. The van der Waals surface area contributed by atoms with Crippen molar-refractivity contribution in [2.45, 2.75) is 51.1 Å². The number of furan rings is 1. The van der Waals surface area contributed by atoms with Crippen molar-refractivity contribution >= 4 is 34.6 Å². The molecule has 1 atom stereocenters. The molecule has 0 bridgehead atoms. The molecule has 182 valence electrons. The Morgan fingerprint density at radius 1 is 1.06 bits per heavy atom. The molecule has 1 aliphatic carbocycles. The molecule has 0 spiro atoms. The smallest absolute Gasteiger partial charge is 0.295 e. The van der Waals surface area contributed by atoms with Crippen LogP contribution in [-0.4, -0.2) is 30.4 Å². The van der Waals surface area contributed by atoms with Gasteiger partial charge in [0.15, 0.2) is 29.1 Å². The summed E-state index contributed by atoms with van der Waals surface area (Å²) in [6.07, 6.45) is 6.47. The second-order valence-corrected chi connectivity index (χ2v) is 9.67. The van der Waals surface area contributed by atoms with Gasteiger partial charge in [0.2, 0.25) is 12.7 Å². The Bertz CT molecular complexity index is 1210. The van der Waals surface area contributed by atoms with Crippen LogP contribution in [0.5, 0.6) is 11.5 Å². The lowest BCUT2D eigenvalue weighted by Crippen LogP contribution is -2.47. The van der Waals surface area contributed by atoms with Gasteiger partial charge in [-0.3, -0.25) is 19.3 Å². The highest BCUT2D eigenvalue weighted by molar-refractivity contribution is 7.10. The quantitative estimate of drug-likeness (QED) is 0.459. The van der Waals surface area contributed by atoms with E-state index in [9.17, 15) is 14.4 Å². The van der Waals surface area contributed by atoms with E-state index in [2.05, 4.69) is 5.32 Å². The van der Waals surface area contributed by atoms with E-state index in [1.807, 2.05) is 17.5 Å². The standard InChI is InChI=1S/C26H26N2O6S/c1-16(29)18-13-21-22(34-15-33-21)14-19(18)28(26(31)20-9-5-11-32-20)24(23-10-6-12-35-23)25(30)27-17-7-3-2-4-8-17/h5-6,9-14,17,24H,2-4,7-8,15H2,1H3,(H,27,30). The molecule has 5 rings (SSSR count). The summed E-state index contributed by atoms with van der Waals surface area (Å²) in [5.41, 5.74) is 0.515. The highest BCUT2D eigenvalue weighted by Gasteiger charge is 2.38. The Balaban J connectivity index is 1.64. The maximum absolute atomic E-state index is 13.9. The van der Waals surface area contributed by atoms with Gasteiger partial charge in [0, 0.05) is 22.5 Å². The summed E-state index contributed by atoms with van der Waals surface area (Å²) >= 11 is 1.37. The number of benzene rings is 1. The van der Waals surface area contributed by atoms with E-state index >= 15 is 0 Å². The van der Waals surface area contributed by atoms with Crippen molar-refractivity contribution in [1.82, 2.24) is 5.32 Å². The predicted octanol–water partition coefficient (Wildman–Crippen LogP) is 5.11. The minimum absolute atomic E-state index is 0.0127. The molecule has 2 amide bonds. The lowest BCUT2D eigenvalue weighted by atomic mass is 9.95. The minimum atomic E-state index is -1.01. The molecule has 2 aliphatic rings. The van der Waals surface area contributed by atoms with Crippen LogP contribution in [0, 0.1) is 0 Å². The van der Waals surface area contributed by atoms with Crippen LogP contribution in [0.2, 0.25) is 0 Å². The topological polar surface area (TPSA) is 98.1 Å². The summed E-state index contributed by atoms with van der Waals surface area (Å²) in [6, 6.07) is 9.00. The number of rotatable bonds is 7. The van der Waals surface area contributed by atoms with Gasteiger partial charge in [0.25, 0.3) is 5.91 Å². The summed E-state index contributed by atoms with van der Waals surface area (Å²) in [6.45, 7) is 1.43. The molecule has 3 heterocycles. The van der Waals surface area contributed by atoms with Gasteiger partial charge in [-0.1, -0.05) is 25.3 Å². The van der Waals surface area contributed by atoms with Crippen LogP contribution in [0.4, 0.5) is 5.69 Å². The maximum atomic E-state index is 13.9. The van der Waals surface area contributed by atoms with Gasteiger partial charge in [0.1, 0.15) is 0 Å². The minimum Gasteiger partial charge on any atom is -0.459 e. The summed E-state index contributed by atoms with van der Waals surface area (Å²) in [4.78, 5) is 42.5. The molecule has 1 saturated carbocycles. The molecular formula is C26H26N2O6S. The van der Waals surface area contributed by atoms with E-state index in [-0.39, 0.29) is 41.5 Å². The van der Waals surface area contributed by atoms with Crippen molar-refractivity contribution < 1.29 is 28.3 Å². The number of amides is 2. The van der Waals surface area contributed by atoms with Gasteiger partial charge in [-0.2, -0.15) is 0 Å². The first kappa shape index (κ1) is 23.2. The third-order valence-corrected chi connectivity index (χ3v) is 7.28. The number of ether oxygens (including phenoxy) is 2. The number of hydrogen-bond acceptors (Lipinski definition) is 7. The average molecular weight is 495 g/mol. The monoisotopic (exact) mass is 494 g/mol. The third-order valence-electron chi connectivity index (χ3n) is 6.35. The number of hydrogen-bond donors (Lipinski definition) is 1. The molecule has 0 radical (unpaired) electrons. The summed E-state index contributed by atoms with van der Waals surface area (Å²) in [5, 5.41) is 5.02. The second-order valence-electron chi connectivity index (χ2n) is 8.69. The van der Waals surface area contributed by atoms with E-state index < -0.39 is 11.9 Å². The third kappa shape index (κ3) is 4.68. The van der Waals surface area contributed by atoms with E-state index in [4.69, 9.17) is 13.9 Å². The first-order valence-electron chi connectivity index (χ1n) is 11.7. The number of carbonyl (C=O) groups excluding carboxylic acids is 3. The lowest BCUT2D eigenvalue weighted by molar-refractivity contribution is -0.123. The second kappa shape index (κ2) is 9.95. The number of fused-ring (bicyclic) bond motifs is 1. The summed E-state index contributed by atoms with van der Waals surface area (Å²) in [5.74, 6) is -0.221. The molecule has 3 aromatic rings. The molecule has 1 fully saturated rings. The van der Waals surface area contributed by atoms with Gasteiger partial charge in [-0.05, 0) is 49.4 Å². The molecule has 0 saturated heterocycles. The highest BCUT2D eigenvalue weighted by atomic mass is 32.1.